The summed E-state index contributed by atoms with van der Waals surface area (Å²) in [5.74, 6) is 0. The van der Waals surface area contributed by atoms with E-state index in [1.807, 2.05) is 19.9 Å². The number of pyridine rings is 1. The van der Waals surface area contributed by atoms with Crippen LogP contribution in [0.15, 0.2) is 30.5 Å². The van der Waals surface area contributed by atoms with Crippen molar-refractivity contribution in [3.63, 3.8) is 0 Å². The number of fused-ring (bicyclic) bond motifs is 1. The molecule has 20 heavy (non-hydrogen) atoms. The fraction of sp³-hybridized carbons (Fsp3) is 0.357. The van der Waals surface area contributed by atoms with Crippen molar-refractivity contribution in [1.82, 2.24) is 4.98 Å². The van der Waals surface area contributed by atoms with E-state index in [9.17, 15) is 10.1 Å². The molecule has 6 nitrogen and oxygen atoms in total. The van der Waals surface area contributed by atoms with Gasteiger partial charge in [0.25, 0.3) is 5.69 Å². The number of hydrogen-bond donors (Lipinski definition) is 2. The topological polar surface area (TPSA) is 94.1 Å². The maximum absolute atomic E-state index is 10.8. The number of non-ortho nitro benzene ring substituents is 1. The molecule has 0 radical (unpaired) electrons. The van der Waals surface area contributed by atoms with Crippen molar-refractivity contribution in [3.05, 3.63) is 40.6 Å². The first-order chi connectivity index (χ1) is 9.37. The minimum absolute atomic E-state index is 0.0465. The van der Waals surface area contributed by atoms with Gasteiger partial charge in [0.15, 0.2) is 0 Å². The lowest BCUT2D eigenvalue weighted by atomic mass is 10.0. The van der Waals surface area contributed by atoms with Crippen LogP contribution in [0.3, 0.4) is 0 Å². The van der Waals surface area contributed by atoms with Crippen molar-refractivity contribution in [3.8, 4) is 0 Å². The third-order valence-electron chi connectivity index (χ3n) is 3.02. The lowest BCUT2D eigenvalue weighted by Crippen LogP contribution is -2.34. The van der Waals surface area contributed by atoms with Gasteiger partial charge >= 0.3 is 0 Å². The van der Waals surface area contributed by atoms with Crippen LogP contribution in [0.4, 0.5) is 11.4 Å². The first-order valence-electron chi connectivity index (χ1n) is 6.43. The maximum Gasteiger partial charge on any atom is 0.271 e. The summed E-state index contributed by atoms with van der Waals surface area (Å²) >= 11 is 0. The van der Waals surface area contributed by atoms with Crippen LogP contribution in [0.5, 0.6) is 0 Å². The highest BCUT2D eigenvalue weighted by atomic mass is 16.6. The Balaban J connectivity index is 2.24. The van der Waals surface area contributed by atoms with Crippen molar-refractivity contribution < 1.29 is 4.92 Å². The Hall–Kier alpha value is -2.21. The van der Waals surface area contributed by atoms with Gasteiger partial charge in [-0.05, 0) is 32.4 Å². The molecule has 1 heterocycles. The summed E-state index contributed by atoms with van der Waals surface area (Å²) in [5.41, 5.74) is 7.28. The molecule has 106 valence electrons. The van der Waals surface area contributed by atoms with Gasteiger partial charge in [0, 0.05) is 41.5 Å². The van der Waals surface area contributed by atoms with Crippen LogP contribution in [0.25, 0.3) is 10.9 Å². The van der Waals surface area contributed by atoms with Crippen LogP contribution in [0.2, 0.25) is 0 Å². The summed E-state index contributed by atoms with van der Waals surface area (Å²) in [7, 11) is 0. The molecule has 1 aromatic carbocycles. The van der Waals surface area contributed by atoms with E-state index in [0.29, 0.717) is 5.52 Å². The van der Waals surface area contributed by atoms with E-state index in [4.69, 9.17) is 5.73 Å². The molecular weight excluding hydrogens is 256 g/mol. The fourth-order valence-corrected chi connectivity index (χ4v) is 1.92. The lowest BCUT2D eigenvalue weighted by Gasteiger charge is -2.19. The van der Waals surface area contributed by atoms with Gasteiger partial charge in [0.2, 0.25) is 0 Å². The number of rotatable bonds is 5. The second kappa shape index (κ2) is 5.42. The summed E-state index contributed by atoms with van der Waals surface area (Å²) in [6.45, 7) is 4.69. The molecule has 6 heteroatoms. The van der Waals surface area contributed by atoms with Crippen molar-refractivity contribution in [2.45, 2.75) is 25.8 Å². The molecule has 0 fully saturated rings. The predicted octanol–water partition coefficient (Wildman–Crippen LogP) is 2.68. The van der Waals surface area contributed by atoms with Crippen LogP contribution in [-0.2, 0) is 0 Å². The number of nitrogens with zero attached hydrogens (tertiary/aromatic N) is 2. The number of hydrogen-bond acceptors (Lipinski definition) is 5. The third kappa shape index (κ3) is 3.42. The molecule has 2 aromatic rings. The monoisotopic (exact) mass is 274 g/mol. The molecule has 0 atom stereocenters. The molecule has 2 rings (SSSR count). The third-order valence-corrected chi connectivity index (χ3v) is 3.02. The van der Waals surface area contributed by atoms with Crippen LogP contribution in [0, 0.1) is 10.1 Å². The molecule has 0 aliphatic carbocycles. The van der Waals surface area contributed by atoms with Gasteiger partial charge in [0.05, 0.1) is 10.4 Å². The number of nitrogens with two attached hydrogens (primary N) is 1. The van der Waals surface area contributed by atoms with E-state index in [1.165, 1.54) is 12.1 Å². The Morgan fingerprint density at radius 3 is 2.80 bits per heavy atom. The highest BCUT2D eigenvalue weighted by molar-refractivity contribution is 5.92. The summed E-state index contributed by atoms with van der Waals surface area (Å²) in [4.78, 5) is 14.5. The summed E-state index contributed by atoms with van der Waals surface area (Å²) < 4.78 is 0. The smallest absolute Gasteiger partial charge is 0.271 e. The van der Waals surface area contributed by atoms with Gasteiger partial charge in [-0.1, -0.05) is 0 Å². The van der Waals surface area contributed by atoms with Gasteiger partial charge in [-0.25, -0.2) is 0 Å². The highest BCUT2D eigenvalue weighted by Crippen LogP contribution is 2.25. The number of nitro benzene ring substituents is 1. The average Bonchev–Trinajstić information content (AvgIpc) is 2.36. The normalized spacial score (nSPS) is 11.6. The highest BCUT2D eigenvalue weighted by Gasteiger charge is 2.11. The molecular formula is C14H18N4O2. The molecule has 0 saturated heterocycles. The molecule has 0 saturated carbocycles. The zero-order valence-electron chi connectivity index (χ0n) is 11.6. The Bertz CT molecular complexity index is 635. The van der Waals surface area contributed by atoms with E-state index >= 15 is 0 Å². The Morgan fingerprint density at radius 1 is 1.40 bits per heavy atom. The number of anilines is 1. The molecule has 3 N–H and O–H groups in total. The van der Waals surface area contributed by atoms with E-state index in [0.717, 1.165) is 24.0 Å². The van der Waals surface area contributed by atoms with E-state index in [-0.39, 0.29) is 11.2 Å². The molecule has 0 aliphatic rings. The predicted molar refractivity (Wildman–Crippen MR) is 79.8 cm³/mol. The van der Waals surface area contributed by atoms with Crippen molar-refractivity contribution in [2.24, 2.45) is 5.73 Å². The van der Waals surface area contributed by atoms with Crippen LogP contribution in [-0.4, -0.2) is 22.0 Å². The van der Waals surface area contributed by atoms with Gasteiger partial charge in [-0.2, -0.15) is 0 Å². The zero-order valence-corrected chi connectivity index (χ0v) is 11.6. The largest absolute Gasteiger partial charge is 0.384 e. The number of aromatic nitrogens is 1. The lowest BCUT2D eigenvalue weighted by molar-refractivity contribution is -0.384. The maximum atomic E-state index is 10.8. The van der Waals surface area contributed by atoms with E-state index in [1.54, 1.807) is 12.3 Å². The van der Waals surface area contributed by atoms with Crippen LogP contribution in [0.1, 0.15) is 20.3 Å². The SMILES string of the molecule is CC(C)(N)CCNc1ccnc2cc([N+](=O)[O-])ccc12. The molecule has 0 spiro atoms. The second-order valence-corrected chi connectivity index (χ2v) is 5.48. The number of nitro groups is 1. The quantitative estimate of drug-likeness (QED) is 0.645. The van der Waals surface area contributed by atoms with E-state index < -0.39 is 4.92 Å². The van der Waals surface area contributed by atoms with Crippen molar-refractivity contribution >= 4 is 22.3 Å². The molecule has 1 aromatic heterocycles. The summed E-state index contributed by atoms with van der Waals surface area (Å²) in [5, 5.41) is 14.9. The minimum Gasteiger partial charge on any atom is -0.384 e. The first-order valence-corrected chi connectivity index (χ1v) is 6.43. The molecule has 0 unspecified atom stereocenters. The Kier molecular flexibility index (Phi) is 3.85. The van der Waals surface area contributed by atoms with Gasteiger partial charge < -0.3 is 11.1 Å². The number of nitrogens with one attached hydrogen (secondary N) is 1. The summed E-state index contributed by atoms with van der Waals surface area (Å²) in [6.07, 6.45) is 2.46. The molecule has 0 bridgehead atoms. The zero-order chi connectivity index (χ0) is 14.8. The van der Waals surface area contributed by atoms with Crippen LogP contribution >= 0.6 is 0 Å². The molecule has 0 aliphatic heterocycles. The van der Waals surface area contributed by atoms with E-state index in [2.05, 4.69) is 10.3 Å². The van der Waals surface area contributed by atoms with Crippen LogP contribution < -0.4 is 11.1 Å². The van der Waals surface area contributed by atoms with Crippen molar-refractivity contribution in [2.75, 3.05) is 11.9 Å². The van der Waals surface area contributed by atoms with Crippen molar-refractivity contribution in [1.29, 1.82) is 0 Å². The van der Waals surface area contributed by atoms with Gasteiger partial charge in [0.1, 0.15) is 0 Å². The number of benzene rings is 1. The summed E-state index contributed by atoms with van der Waals surface area (Å²) in [6, 6.07) is 6.55. The first kappa shape index (κ1) is 14.2. The second-order valence-electron chi connectivity index (χ2n) is 5.48. The molecule has 0 amide bonds. The Morgan fingerprint density at radius 2 is 2.15 bits per heavy atom. The average molecular weight is 274 g/mol. The minimum atomic E-state index is -0.418. The standard InChI is InChI=1S/C14H18N4O2/c1-14(2,15)6-8-17-12-5-7-16-13-9-10(18(19)20)3-4-11(12)13/h3-5,7,9H,6,8,15H2,1-2H3,(H,16,17). The van der Waals surface area contributed by atoms with Gasteiger partial charge in [-0.15, -0.1) is 0 Å². The fourth-order valence-electron chi connectivity index (χ4n) is 1.92. The Labute approximate surface area is 117 Å². The van der Waals surface area contributed by atoms with Gasteiger partial charge in [-0.3, -0.25) is 15.1 Å².